The Kier molecular flexibility index (Phi) is 6.25. The first-order valence-electron chi connectivity index (χ1n) is 7.08. The summed E-state index contributed by atoms with van der Waals surface area (Å²) in [4.78, 5) is 4.15. The summed E-state index contributed by atoms with van der Waals surface area (Å²) in [5, 5.41) is 3.56. The molecule has 0 aliphatic carbocycles. The third-order valence-electron chi connectivity index (χ3n) is 3.35. The van der Waals surface area contributed by atoms with E-state index in [-0.39, 0.29) is 11.6 Å². The van der Waals surface area contributed by atoms with Crippen LogP contribution in [0.25, 0.3) is 0 Å². The molecule has 19 heavy (non-hydrogen) atoms. The summed E-state index contributed by atoms with van der Waals surface area (Å²) in [6, 6.07) is 4.18. The fourth-order valence-corrected chi connectivity index (χ4v) is 2.20. The summed E-state index contributed by atoms with van der Waals surface area (Å²) in [6.45, 7) is 10.1. The number of nitrogens with one attached hydrogen (secondary N) is 1. The Balaban J connectivity index is 2.82. The van der Waals surface area contributed by atoms with Gasteiger partial charge in [0.05, 0.1) is 5.60 Å². The van der Waals surface area contributed by atoms with Crippen LogP contribution in [0.3, 0.4) is 0 Å². The molecular formula is C15H27N3O. The van der Waals surface area contributed by atoms with Crippen LogP contribution in [0.5, 0.6) is 0 Å². The van der Waals surface area contributed by atoms with Crippen LogP contribution in [0.15, 0.2) is 18.3 Å². The smallest absolute Gasteiger partial charge is 0.126 e. The van der Waals surface area contributed by atoms with Crippen molar-refractivity contribution in [2.45, 2.75) is 52.2 Å². The third kappa shape index (κ3) is 4.80. The second-order valence-electron chi connectivity index (χ2n) is 5.30. The quantitative estimate of drug-likeness (QED) is 0.757. The van der Waals surface area contributed by atoms with E-state index in [0.29, 0.717) is 12.4 Å². The van der Waals surface area contributed by atoms with Crippen molar-refractivity contribution in [2.75, 3.05) is 18.9 Å². The van der Waals surface area contributed by atoms with Gasteiger partial charge in [-0.15, -0.1) is 0 Å². The summed E-state index contributed by atoms with van der Waals surface area (Å²) in [5.74, 6) is 0.609. The molecule has 0 aromatic carbocycles. The molecule has 108 valence electrons. The Bertz CT molecular complexity index is 379. The number of nitrogen functional groups attached to an aromatic ring is 1. The summed E-state index contributed by atoms with van der Waals surface area (Å²) in [6.07, 6.45) is 3.65. The number of nitrogens with two attached hydrogens (primary N) is 1. The average molecular weight is 265 g/mol. The van der Waals surface area contributed by atoms with Crippen LogP contribution < -0.4 is 11.1 Å². The second kappa shape index (κ2) is 7.46. The van der Waals surface area contributed by atoms with Gasteiger partial charge in [0.15, 0.2) is 0 Å². The zero-order valence-electron chi connectivity index (χ0n) is 12.6. The molecule has 1 unspecified atom stereocenters. The molecule has 0 aliphatic heterocycles. The minimum absolute atomic E-state index is 0.221. The molecule has 0 fully saturated rings. The van der Waals surface area contributed by atoms with Crippen LogP contribution in [0, 0.1) is 0 Å². The number of nitrogens with zero attached hydrogens (tertiary/aromatic N) is 1. The molecule has 4 heteroatoms. The fraction of sp³-hybridized carbons (Fsp3) is 0.667. The van der Waals surface area contributed by atoms with Gasteiger partial charge in [-0.05, 0) is 51.8 Å². The summed E-state index contributed by atoms with van der Waals surface area (Å²) in [5.41, 5.74) is 6.78. The fourth-order valence-electron chi connectivity index (χ4n) is 2.20. The topological polar surface area (TPSA) is 60.2 Å². The van der Waals surface area contributed by atoms with Crippen molar-refractivity contribution in [2.24, 2.45) is 0 Å². The summed E-state index contributed by atoms with van der Waals surface area (Å²) in [7, 11) is 0. The highest BCUT2D eigenvalue weighted by Gasteiger charge is 2.30. The normalized spacial score (nSPS) is 13.5. The highest BCUT2D eigenvalue weighted by atomic mass is 16.5. The number of hydrogen-bond donors (Lipinski definition) is 2. The number of pyridine rings is 1. The first-order valence-corrected chi connectivity index (χ1v) is 7.08. The van der Waals surface area contributed by atoms with E-state index in [1.165, 1.54) is 0 Å². The molecule has 4 nitrogen and oxygen atoms in total. The van der Waals surface area contributed by atoms with E-state index in [9.17, 15) is 0 Å². The lowest BCUT2D eigenvalue weighted by Crippen LogP contribution is -2.50. The van der Waals surface area contributed by atoms with Gasteiger partial charge >= 0.3 is 0 Å². The lowest BCUT2D eigenvalue weighted by Gasteiger charge is -2.35. The van der Waals surface area contributed by atoms with E-state index in [1.54, 1.807) is 6.20 Å². The molecular weight excluding hydrogens is 238 g/mol. The predicted molar refractivity (Wildman–Crippen MR) is 80.1 cm³/mol. The van der Waals surface area contributed by atoms with Crippen LogP contribution in [0.4, 0.5) is 5.82 Å². The Morgan fingerprint density at radius 2 is 2.16 bits per heavy atom. The number of ether oxygens (including phenoxy) is 1. The molecule has 0 spiro atoms. The molecule has 1 aromatic heterocycles. The molecule has 0 aliphatic rings. The van der Waals surface area contributed by atoms with Gasteiger partial charge in [0, 0.05) is 18.8 Å². The van der Waals surface area contributed by atoms with Gasteiger partial charge in [-0.2, -0.15) is 0 Å². The number of aromatic nitrogens is 1. The van der Waals surface area contributed by atoms with E-state index < -0.39 is 0 Å². The highest BCUT2D eigenvalue weighted by molar-refractivity contribution is 5.39. The van der Waals surface area contributed by atoms with E-state index in [1.807, 2.05) is 19.1 Å². The van der Waals surface area contributed by atoms with Gasteiger partial charge < -0.3 is 15.8 Å². The first-order chi connectivity index (χ1) is 9.01. The van der Waals surface area contributed by atoms with Gasteiger partial charge in [-0.3, -0.25) is 0 Å². The van der Waals surface area contributed by atoms with Crippen molar-refractivity contribution >= 4 is 5.82 Å². The van der Waals surface area contributed by atoms with Gasteiger partial charge in [-0.1, -0.05) is 13.0 Å². The minimum Gasteiger partial charge on any atom is -0.383 e. The Morgan fingerprint density at radius 1 is 1.42 bits per heavy atom. The van der Waals surface area contributed by atoms with Crippen molar-refractivity contribution in [3.05, 3.63) is 23.9 Å². The SMILES string of the molecule is CCCNC(Cc1cccnc1N)C(C)(C)OCC. The highest BCUT2D eigenvalue weighted by Crippen LogP contribution is 2.21. The number of anilines is 1. The lowest BCUT2D eigenvalue weighted by atomic mass is 9.92. The van der Waals surface area contributed by atoms with E-state index in [2.05, 4.69) is 31.1 Å². The Morgan fingerprint density at radius 3 is 2.74 bits per heavy atom. The minimum atomic E-state index is -0.230. The van der Waals surface area contributed by atoms with Gasteiger partial charge in [0.25, 0.3) is 0 Å². The van der Waals surface area contributed by atoms with Crippen LogP contribution in [-0.2, 0) is 11.2 Å². The van der Waals surface area contributed by atoms with Crippen molar-refractivity contribution in [1.82, 2.24) is 10.3 Å². The standard InChI is InChI=1S/C15H27N3O/c1-5-9-17-13(15(3,4)19-6-2)11-12-8-7-10-18-14(12)16/h7-8,10,13,17H,5-6,9,11H2,1-4H3,(H2,16,18). The van der Waals surface area contributed by atoms with Crippen LogP contribution in [-0.4, -0.2) is 29.8 Å². The van der Waals surface area contributed by atoms with Gasteiger partial charge in [-0.25, -0.2) is 4.98 Å². The third-order valence-corrected chi connectivity index (χ3v) is 3.35. The molecule has 1 atom stereocenters. The zero-order chi connectivity index (χ0) is 14.3. The Labute approximate surface area is 116 Å². The molecule has 0 saturated carbocycles. The monoisotopic (exact) mass is 265 g/mol. The van der Waals surface area contributed by atoms with Crippen molar-refractivity contribution in [1.29, 1.82) is 0 Å². The summed E-state index contributed by atoms with van der Waals surface area (Å²) < 4.78 is 5.88. The van der Waals surface area contributed by atoms with E-state index in [4.69, 9.17) is 10.5 Å². The maximum Gasteiger partial charge on any atom is 0.126 e. The van der Waals surface area contributed by atoms with Crippen molar-refractivity contribution in [3.63, 3.8) is 0 Å². The maximum absolute atomic E-state index is 5.94. The molecule has 0 amide bonds. The van der Waals surface area contributed by atoms with Gasteiger partial charge in [0.1, 0.15) is 5.82 Å². The van der Waals surface area contributed by atoms with Gasteiger partial charge in [0.2, 0.25) is 0 Å². The van der Waals surface area contributed by atoms with Crippen LogP contribution in [0.2, 0.25) is 0 Å². The molecule has 0 bridgehead atoms. The molecule has 3 N–H and O–H groups in total. The van der Waals surface area contributed by atoms with Crippen LogP contribution in [0.1, 0.15) is 39.7 Å². The molecule has 0 saturated heterocycles. The molecule has 1 rings (SSSR count). The number of hydrogen-bond acceptors (Lipinski definition) is 4. The average Bonchev–Trinajstić information content (AvgIpc) is 2.36. The zero-order valence-corrected chi connectivity index (χ0v) is 12.6. The van der Waals surface area contributed by atoms with E-state index >= 15 is 0 Å². The van der Waals surface area contributed by atoms with Crippen molar-refractivity contribution < 1.29 is 4.74 Å². The summed E-state index contributed by atoms with van der Waals surface area (Å²) >= 11 is 0. The first kappa shape index (κ1) is 15.9. The molecule has 0 radical (unpaired) electrons. The van der Waals surface area contributed by atoms with E-state index in [0.717, 1.165) is 24.9 Å². The van der Waals surface area contributed by atoms with Crippen LogP contribution >= 0.6 is 0 Å². The predicted octanol–water partition coefficient (Wildman–Crippen LogP) is 2.39. The lowest BCUT2D eigenvalue weighted by molar-refractivity contribution is -0.0379. The second-order valence-corrected chi connectivity index (χ2v) is 5.30. The largest absolute Gasteiger partial charge is 0.383 e. The van der Waals surface area contributed by atoms with Crippen molar-refractivity contribution in [3.8, 4) is 0 Å². The number of rotatable bonds is 8. The molecule has 1 aromatic rings. The molecule has 1 heterocycles. The Hall–Kier alpha value is -1.13. The maximum atomic E-state index is 5.94.